The number of piperidine rings is 1. The molecular weight excluding hydrogens is 765 g/mol. The SMILES string of the molecule is CC#CC(=O)N1CCCC[C@@H](S(=O)(=O)c2ccc(N3CC(CN4CCC(C(CN5CCC5)(c5cccc(F)c5)[C@H]5CCC[C@@H]5NC(=O)OC)CC4)(OC)C3)c(F)c2)C1. The van der Waals surface area contributed by atoms with Crippen molar-refractivity contribution in [1.29, 1.82) is 0 Å². The number of nitrogens with zero attached hydrogens (tertiary/aromatic N) is 4. The number of carbonyl (C=O) groups is 2. The molecule has 4 saturated heterocycles. The summed E-state index contributed by atoms with van der Waals surface area (Å²) in [6, 6.07) is 11.2. The van der Waals surface area contributed by atoms with E-state index in [4.69, 9.17) is 9.47 Å². The van der Waals surface area contributed by atoms with Crippen molar-refractivity contribution >= 4 is 27.5 Å². The van der Waals surface area contributed by atoms with Crippen molar-refractivity contribution in [3.05, 3.63) is 59.7 Å². The molecule has 14 heteroatoms. The largest absolute Gasteiger partial charge is 0.453 e. The first kappa shape index (κ1) is 42.4. The van der Waals surface area contributed by atoms with Gasteiger partial charge in [-0.05, 0) is 132 Å². The smallest absolute Gasteiger partial charge is 0.407 e. The third-order valence-corrected chi connectivity index (χ3v) is 16.0. The van der Waals surface area contributed by atoms with Gasteiger partial charge in [0.2, 0.25) is 0 Å². The number of halogens is 2. The van der Waals surface area contributed by atoms with Gasteiger partial charge < -0.3 is 34.4 Å². The van der Waals surface area contributed by atoms with Gasteiger partial charge in [0, 0.05) is 44.7 Å². The summed E-state index contributed by atoms with van der Waals surface area (Å²) >= 11 is 0. The molecule has 5 aliphatic rings. The molecule has 2 aromatic carbocycles. The van der Waals surface area contributed by atoms with Crippen molar-refractivity contribution in [2.75, 3.05) is 84.6 Å². The van der Waals surface area contributed by atoms with E-state index < -0.39 is 32.6 Å². The van der Waals surface area contributed by atoms with Crippen molar-refractivity contribution < 1.29 is 36.3 Å². The lowest BCUT2D eigenvalue weighted by Crippen LogP contribution is -2.68. The van der Waals surface area contributed by atoms with E-state index in [0.717, 1.165) is 82.9 Å². The number of anilines is 1. The lowest BCUT2D eigenvalue weighted by Gasteiger charge is -2.55. The van der Waals surface area contributed by atoms with Crippen LogP contribution in [0.1, 0.15) is 70.3 Å². The molecule has 1 aliphatic carbocycles. The number of sulfone groups is 1. The molecule has 0 spiro atoms. The second-order valence-electron chi connectivity index (χ2n) is 17.2. The number of amides is 2. The molecule has 11 nitrogen and oxygen atoms in total. The van der Waals surface area contributed by atoms with Crippen LogP contribution in [0.2, 0.25) is 0 Å². The minimum atomic E-state index is -3.90. The van der Waals surface area contributed by atoms with Crippen LogP contribution in [0.25, 0.3) is 0 Å². The van der Waals surface area contributed by atoms with Gasteiger partial charge in [0.1, 0.15) is 17.2 Å². The van der Waals surface area contributed by atoms with Gasteiger partial charge in [0.05, 0.1) is 36.0 Å². The molecule has 2 amide bonds. The number of likely N-dealkylation sites (tertiary alicyclic amines) is 3. The van der Waals surface area contributed by atoms with Crippen molar-refractivity contribution in [1.82, 2.24) is 20.0 Å². The monoisotopic (exact) mass is 823 g/mol. The van der Waals surface area contributed by atoms with Gasteiger partial charge >= 0.3 is 6.09 Å². The average Bonchev–Trinajstić information content (AvgIpc) is 3.49. The molecule has 2 aromatic rings. The minimum absolute atomic E-state index is 0.0386. The summed E-state index contributed by atoms with van der Waals surface area (Å²) in [5, 5.41) is 2.33. The topological polar surface area (TPSA) is 112 Å². The summed E-state index contributed by atoms with van der Waals surface area (Å²) in [5.41, 5.74) is 0.453. The van der Waals surface area contributed by atoms with Gasteiger partial charge in [-0.25, -0.2) is 22.0 Å². The number of hydrogen-bond donors (Lipinski definition) is 1. The predicted molar refractivity (Wildman–Crippen MR) is 218 cm³/mol. The highest BCUT2D eigenvalue weighted by molar-refractivity contribution is 7.92. The van der Waals surface area contributed by atoms with E-state index in [9.17, 15) is 18.0 Å². The quantitative estimate of drug-likeness (QED) is 0.288. The molecule has 4 atom stereocenters. The van der Waals surface area contributed by atoms with Gasteiger partial charge in [-0.15, -0.1) is 0 Å². The van der Waals surface area contributed by atoms with E-state index in [-0.39, 0.29) is 46.5 Å². The molecule has 1 N–H and O–H groups in total. The minimum Gasteiger partial charge on any atom is -0.453 e. The number of rotatable bonds is 12. The Bertz CT molecular complexity index is 1970. The Morgan fingerprint density at radius 3 is 2.34 bits per heavy atom. The molecule has 0 bridgehead atoms. The zero-order valence-corrected chi connectivity index (χ0v) is 35.0. The maximum atomic E-state index is 15.8. The van der Waals surface area contributed by atoms with E-state index in [1.165, 1.54) is 24.1 Å². The van der Waals surface area contributed by atoms with E-state index >= 15 is 8.78 Å². The standard InChI is InChI=1S/C44H59F2N5O6S/c1-4-10-41(52)50-22-6-5-13-36(27-50)58(54,55)35-16-17-40(38(46)26-35)51-29-43(30-51,57-3)28-49-23-18-32(19-24-49)44(31-48-20-9-21-48,33-11-7-12-34(45)25-33)37-14-8-15-39(37)47-42(53)56-2/h7,11-12,16-17,25-26,32,36-37,39H,5-6,8-9,13-15,18-24,27-31H2,1-3H3,(H,47,53)/t36-,37+,39+,44?/m1/s1. The fourth-order valence-corrected chi connectivity index (χ4v) is 12.5. The zero-order valence-electron chi connectivity index (χ0n) is 34.2. The summed E-state index contributed by atoms with van der Waals surface area (Å²) in [6.07, 6.45) is 7.05. The Labute approximate surface area is 342 Å². The number of ether oxygens (including phenoxy) is 2. The molecule has 0 radical (unpaired) electrons. The molecule has 1 saturated carbocycles. The zero-order chi connectivity index (χ0) is 41.1. The Balaban J connectivity index is 1.03. The van der Waals surface area contributed by atoms with Crippen LogP contribution < -0.4 is 10.2 Å². The van der Waals surface area contributed by atoms with Crippen molar-refractivity contribution in [2.45, 2.75) is 91.9 Å². The highest BCUT2D eigenvalue weighted by Crippen LogP contribution is 2.52. The highest BCUT2D eigenvalue weighted by Gasteiger charge is 2.54. The Morgan fingerprint density at radius 2 is 1.69 bits per heavy atom. The summed E-state index contributed by atoms with van der Waals surface area (Å²) in [5.74, 6) is 4.25. The fraction of sp³-hybridized carbons (Fsp3) is 0.636. The summed E-state index contributed by atoms with van der Waals surface area (Å²) in [6.45, 7) is 8.13. The molecule has 5 fully saturated rings. The molecule has 1 unspecified atom stereocenters. The molecule has 4 aliphatic heterocycles. The van der Waals surface area contributed by atoms with Crippen molar-refractivity contribution in [2.24, 2.45) is 11.8 Å². The average molecular weight is 824 g/mol. The number of carbonyl (C=O) groups excluding carboxylic acids is 2. The highest BCUT2D eigenvalue weighted by atomic mass is 32.2. The molecule has 0 aromatic heterocycles. The van der Waals surface area contributed by atoms with E-state index in [1.807, 2.05) is 11.0 Å². The first-order valence-corrected chi connectivity index (χ1v) is 22.6. The number of nitrogens with one attached hydrogen (secondary N) is 1. The van der Waals surface area contributed by atoms with Crippen LogP contribution in [0, 0.1) is 35.3 Å². The van der Waals surface area contributed by atoms with Crippen LogP contribution in [-0.2, 0) is 29.5 Å². The van der Waals surface area contributed by atoms with Crippen LogP contribution in [0.3, 0.4) is 0 Å². The predicted octanol–water partition coefficient (Wildman–Crippen LogP) is 5.23. The summed E-state index contributed by atoms with van der Waals surface area (Å²) in [7, 11) is -0.812. The number of hydrogen-bond acceptors (Lipinski definition) is 9. The molecule has 4 heterocycles. The molecule has 316 valence electrons. The van der Waals surface area contributed by atoms with Crippen LogP contribution in [0.4, 0.5) is 19.3 Å². The Kier molecular flexibility index (Phi) is 13.0. The molecule has 58 heavy (non-hydrogen) atoms. The lowest BCUT2D eigenvalue weighted by atomic mass is 9.57. The van der Waals surface area contributed by atoms with Gasteiger partial charge in [-0.2, -0.15) is 0 Å². The third-order valence-electron chi connectivity index (χ3n) is 13.9. The van der Waals surface area contributed by atoms with Crippen LogP contribution in [0.15, 0.2) is 47.4 Å². The van der Waals surface area contributed by atoms with Gasteiger partial charge in [-0.1, -0.05) is 30.9 Å². The van der Waals surface area contributed by atoms with Crippen molar-refractivity contribution in [3.8, 4) is 11.8 Å². The third kappa shape index (κ3) is 8.60. The van der Waals surface area contributed by atoms with Crippen molar-refractivity contribution in [3.63, 3.8) is 0 Å². The van der Waals surface area contributed by atoms with Gasteiger partial charge in [-0.3, -0.25) is 4.79 Å². The van der Waals surface area contributed by atoms with E-state index in [0.29, 0.717) is 51.1 Å². The van der Waals surface area contributed by atoms with Crippen LogP contribution in [-0.4, -0.2) is 132 Å². The lowest BCUT2D eigenvalue weighted by molar-refractivity contribution is -0.125. The second-order valence-corrected chi connectivity index (χ2v) is 19.4. The van der Waals surface area contributed by atoms with Gasteiger partial charge in [0.15, 0.2) is 9.84 Å². The van der Waals surface area contributed by atoms with Crippen LogP contribution >= 0.6 is 0 Å². The first-order chi connectivity index (χ1) is 27.9. The normalized spacial score (nSPS) is 25.4. The first-order valence-electron chi connectivity index (χ1n) is 21.0. The summed E-state index contributed by atoms with van der Waals surface area (Å²) in [4.78, 5) is 33.3. The second kappa shape index (κ2) is 17.8. The molecular formula is C44H59F2N5O6S. The maximum Gasteiger partial charge on any atom is 0.407 e. The Morgan fingerprint density at radius 1 is 0.914 bits per heavy atom. The van der Waals surface area contributed by atoms with Gasteiger partial charge in [0.25, 0.3) is 5.91 Å². The summed E-state index contributed by atoms with van der Waals surface area (Å²) < 4.78 is 69.5. The number of benzene rings is 2. The van der Waals surface area contributed by atoms with E-state index in [1.54, 1.807) is 26.2 Å². The maximum absolute atomic E-state index is 15.8. The number of methoxy groups -OCH3 is 2. The van der Waals surface area contributed by atoms with E-state index in [2.05, 4.69) is 33.0 Å². The number of alkyl carbamates (subject to hydrolysis) is 1. The Hall–Kier alpha value is -3.77. The van der Waals surface area contributed by atoms with Crippen LogP contribution in [0.5, 0.6) is 0 Å². The molecule has 7 rings (SSSR count). The fourth-order valence-electron chi connectivity index (χ4n) is 10.7.